The van der Waals surface area contributed by atoms with Crippen LogP contribution in [0.25, 0.3) is 5.43 Å². The number of hydrogen-bond acceptors (Lipinski definition) is 1. The van der Waals surface area contributed by atoms with Gasteiger partial charge in [0.05, 0.1) is 11.0 Å². The summed E-state index contributed by atoms with van der Waals surface area (Å²) in [5, 5.41) is 0.903. The van der Waals surface area contributed by atoms with Crippen LogP contribution in [0.5, 0.6) is 0 Å². The maximum atomic E-state index is 5.92. The summed E-state index contributed by atoms with van der Waals surface area (Å²) in [6.45, 7) is 2.02. The van der Waals surface area contributed by atoms with Crippen molar-refractivity contribution < 1.29 is 4.68 Å². The molecule has 0 unspecified atom stereocenters. The molecule has 0 aliphatic carbocycles. The average molecular weight is 341 g/mol. The molecule has 0 saturated carbocycles. The van der Waals surface area contributed by atoms with Crippen molar-refractivity contribution in [3.05, 3.63) is 95.0 Å². The minimum atomic E-state index is 0.903. The van der Waals surface area contributed by atoms with Crippen LogP contribution >= 0.6 is 21.7 Å². The molecule has 1 aromatic heterocycles. The lowest BCUT2D eigenvalue weighted by Gasteiger charge is -2.18. The molecule has 3 aromatic rings. The van der Waals surface area contributed by atoms with E-state index in [1.54, 1.807) is 0 Å². The highest BCUT2D eigenvalue weighted by Gasteiger charge is 2.07. The summed E-state index contributed by atoms with van der Waals surface area (Å²) >= 11 is 0. The monoisotopic (exact) mass is 340 g/mol. The molecule has 2 aromatic carbocycles. The van der Waals surface area contributed by atoms with Gasteiger partial charge in [-0.2, -0.15) is 0 Å². The maximum absolute atomic E-state index is 5.92. The lowest BCUT2D eigenvalue weighted by Crippen LogP contribution is -2.34. The molecule has 0 atom stereocenters. The lowest BCUT2D eigenvalue weighted by atomic mass is 10.1. The van der Waals surface area contributed by atoms with Gasteiger partial charge in [0, 0.05) is 19.1 Å². The number of benzene rings is 2. The lowest BCUT2D eigenvalue weighted by molar-refractivity contribution is -0.664. The Morgan fingerprint density at radius 2 is 1.57 bits per heavy atom. The first-order valence-corrected chi connectivity index (χ1v) is 9.06. The maximum Gasteiger partial charge on any atom is 0.251 e. The fourth-order valence-electron chi connectivity index (χ4n) is 2.40. The third-order valence-corrected chi connectivity index (χ3v) is 4.54. The van der Waals surface area contributed by atoms with E-state index in [9.17, 15) is 0 Å². The minimum absolute atomic E-state index is 0.903. The van der Waals surface area contributed by atoms with E-state index >= 15 is 0 Å². The minimum Gasteiger partial charge on any atom is -0.404 e. The van der Waals surface area contributed by atoms with Crippen LogP contribution in [0.4, 0.5) is 5.69 Å². The molecule has 116 valence electrons. The van der Waals surface area contributed by atoms with Gasteiger partial charge in [-0.25, -0.2) is 4.68 Å². The van der Waals surface area contributed by atoms with Gasteiger partial charge in [0.2, 0.25) is 0 Å². The number of halogens is 1. The van der Waals surface area contributed by atoms with Gasteiger partial charge < -0.3 is 5.43 Å². The molecule has 4 heteroatoms. The molecule has 0 aliphatic rings. The van der Waals surface area contributed by atoms with Crippen LogP contribution < -0.4 is 4.68 Å². The third kappa shape index (κ3) is 4.06. The molecule has 2 nitrogen and oxygen atoms in total. The summed E-state index contributed by atoms with van der Waals surface area (Å²) in [5.74, 6) is 0. The Labute approximate surface area is 145 Å². The van der Waals surface area contributed by atoms with E-state index in [4.69, 9.17) is 10.7 Å². The van der Waals surface area contributed by atoms with Crippen molar-refractivity contribution in [3.63, 3.8) is 0 Å². The molecule has 0 N–H and O–H groups in total. The predicted molar refractivity (Wildman–Crippen MR) is 97.2 cm³/mol. The quantitative estimate of drug-likeness (QED) is 0.554. The van der Waals surface area contributed by atoms with Crippen molar-refractivity contribution in [1.29, 1.82) is 0 Å². The first kappa shape index (κ1) is 15.9. The molecule has 0 saturated heterocycles. The molecule has 0 amide bonds. The highest BCUT2D eigenvalue weighted by molar-refractivity contribution is 8.21. The second-order valence-electron chi connectivity index (χ2n) is 5.32. The van der Waals surface area contributed by atoms with E-state index in [0.717, 1.165) is 22.8 Å². The molecule has 0 aliphatic heterocycles. The van der Waals surface area contributed by atoms with Crippen molar-refractivity contribution in [2.45, 2.75) is 18.4 Å². The van der Waals surface area contributed by atoms with Gasteiger partial charge in [-0.15, -0.1) is 0 Å². The SMILES string of the molecule is Cc1cccc(SCl)[n+]1[N-]c1ccc(Cc2ccccc2)cc1. The van der Waals surface area contributed by atoms with E-state index < -0.39 is 0 Å². The third-order valence-electron chi connectivity index (χ3n) is 3.60. The highest BCUT2D eigenvalue weighted by Crippen LogP contribution is 2.23. The van der Waals surface area contributed by atoms with Gasteiger partial charge in [-0.05, 0) is 34.3 Å². The first-order valence-electron chi connectivity index (χ1n) is 7.41. The van der Waals surface area contributed by atoms with Crippen molar-refractivity contribution in [2.24, 2.45) is 0 Å². The largest absolute Gasteiger partial charge is 0.404 e. The van der Waals surface area contributed by atoms with E-state index in [1.165, 1.54) is 22.1 Å². The van der Waals surface area contributed by atoms with Crippen LogP contribution in [0.3, 0.4) is 0 Å². The number of aryl methyl sites for hydroxylation is 1. The molecule has 23 heavy (non-hydrogen) atoms. The topological polar surface area (TPSA) is 18.0 Å². The van der Waals surface area contributed by atoms with Crippen LogP contribution in [0, 0.1) is 6.92 Å². The van der Waals surface area contributed by atoms with Gasteiger partial charge >= 0.3 is 0 Å². The molecular weight excluding hydrogens is 324 g/mol. The zero-order valence-electron chi connectivity index (χ0n) is 12.8. The molecule has 0 bridgehead atoms. The Kier molecular flexibility index (Phi) is 5.21. The zero-order chi connectivity index (χ0) is 16.1. The number of aromatic nitrogens is 1. The predicted octanol–water partition coefficient (Wildman–Crippen LogP) is 5.59. The first-order chi connectivity index (χ1) is 11.3. The van der Waals surface area contributed by atoms with E-state index in [1.807, 2.05) is 48.0 Å². The summed E-state index contributed by atoms with van der Waals surface area (Å²) in [6.07, 6.45) is 0.932. The Morgan fingerprint density at radius 1 is 0.870 bits per heavy atom. The summed E-state index contributed by atoms with van der Waals surface area (Å²) in [7, 11) is 7.10. The number of hydrogen-bond donors (Lipinski definition) is 0. The Balaban J connectivity index is 1.76. The molecule has 0 fully saturated rings. The van der Waals surface area contributed by atoms with Gasteiger partial charge in [0.1, 0.15) is 0 Å². The molecular formula is C19H17ClN2S. The van der Waals surface area contributed by atoms with Gasteiger partial charge in [-0.1, -0.05) is 60.3 Å². The van der Waals surface area contributed by atoms with Crippen LogP contribution in [0.2, 0.25) is 0 Å². The van der Waals surface area contributed by atoms with E-state index in [2.05, 4.69) is 41.8 Å². The van der Waals surface area contributed by atoms with Crippen molar-refractivity contribution in [1.82, 2.24) is 0 Å². The van der Waals surface area contributed by atoms with Gasteiger partial charge in [-0.3, -0.25) is 0 Å². The summed E-state index contributed by atoms with van der Waals surface area (Å²) < 4.78 is 1.86. The molecule has 0 radical (unpaired) electrons. The summed E-state index contributed by atoms with van der Waals surface area (Å²) in [6, 6.07) is 24.8. The van der Waals surface area contributed by atoms with Crippen LogP contribution in [0.1, 0.15) is 16.8 Å². The zero-order valence-corrected chi connectivity index (χ0v) is 14.4. The Bertz CT molecular complexity index is 773. The van der Waals surface area contributed by atoms with Crippen LogP contribution in [0.15, 0.2) is 77.8 Å². The second kappa shape index (κ2) is 7.53. The Hall–Kier alpha value is -1.97. The summed E-state index contributed by atoms with van der Waals surface area (Å²) in [4.78, 5) is 0. The van der Waals surface area contributed by atoms with E-state index in [0.29, 0.717) is 0 Å². The highest BCUT2D eigenvalue weighted by atomic mass is 35.7. The molecule has 3 rings (SSSR count). The fourth-order valence-corrected chi connectivity index (χ4v) is 3.13. The standard InChI is InChI=1S/C19H17ClN2S/c1-15-6-5-9-19(23-20)22(15)21-18-12-10-17(11-13-18)14-16-7-3-2-4-8-16/h2-13H,14H2,1H3. The fraction of sp³-hybridized carbons (Fsp3) is 0.105. The normalized spacial score (nSPS) is 10.5. The number of nitrogens with zero attached hydrogens (tertiary/aromatic N) is 2. The van der Waals surface area contributed by atoms with Crippen LogP contribution in [-0.4, -0.2) is 0 Å². The Morgan fingerprint density at radius 3 is 2.26 bits per heavy atom. The smallest absolute Gasteiger partial charge is 0.251 e. The molecule has 1 heterocycles. The van der Waals surface area contributed by atoms with Gasteiger partial charge in [0.25, 0.3) is 5.03 Å². The van der Waals surface area contributed by atoms with Crippen molar-refractivity contribution in [2.75, 3.05) is 0 Å². The van der Waals surface area contributed by atoms with E-state index in [-0.39, 0.29) is 0 Å². The average Bonchev–Trinajstić information content (AvgIpc) is 2.59. The van der Waals surface area contributed by atoms with Crippen molar-refractivity contribution >= 4 is 27.3 Å². The molecule has 0 spiro atoms. The second-order valence-corrected chi connectivity index (χ2v) is 6.36. The number of rotatable bonds is 5. The van der Waals surface area contributed by atoms with Crippen LogP contribution in [-0.2, 0) is 6.42 Å². The van der Waals surface area contributed by atoms with Crippen molar-refractivity contribution in [3.8, 4) is 0 Å². The number of pyridine rings is 1. The summed E-state index contributed by atoms with van der Waals surface area (Å²) in [5.41, 5.74) is 9.21. The van der Waals surface area contributed by atoms with Gasteiger partial charge in [0.15, 0.2) is 5.69 Å².